The van der Waals surface area contributed by atoms with Crippen LogP contribution in [0.3, 0.4) is 0 Å². The summed E-state index contributed by atoms with van der Waals surface area (Å²) in [4.78, 5) is 16.9. The molecular formula is C30H24ClN2O3. The summed E-state index contributed by atoms with van der Waals surface area (Å²) >= 11 is 6.08. The molecule has 1 atom stereocenters. The summed E-state index contributed by atoms with van der Waals surface area (Å²) in [6.45, 7) is 0.924. The highest BCUT2D eigenvalue weighted by atomic mass is 35.5. The van der Waals surface area contributed by atoms with Crippen molar-refractivity contribution >= 4 is 39.4 Å². The predicted octanol–water partition coefficient (Wildman–Crippen LogP) is 6.98. The summed E-state index contributed by atoms with van der Waals surface area (Å²) in [5.74, 6) is -0.603. The number of rotatable bonds is 6. The second-order valence-corrected chi connectivity index (χ2v) is 9.58. The van der Waals surface area contributed by atoms with Gasteiger partial charge in [0.15, 0.2) is 0 Å². The van der Waals surface area contributed by atoms with E-state index in [1.54, 1.807) is 0 Å². The minimum atomic E-state index is -0.789. The van der Waals surface area contributed by atoms with Crippen LogP contribution in [0.25, 0.3) is 21.8 Å². The molecule has 1 radical (unpaired) electrons. The molecule has 5 nitrogen and oxygen atoms in total. The molecule has 1 unspecified atom stereocenters. The number of aliphatic carboxylic acids is 1. The van der Waals surface area contributed by atoms with E-state index in [9.17, 15) is 9.90 Å². The van der Waals surface area contributed by atoms with Crippen molar-refractivity contribution in [3.8, 4) is 5.75 Å². The number of pyridine rings is 1. The third kappa shape index (κ3) is 4.20. The summed E-state index contributed by atoms with van der Waals surface area (Å²) in [6.07, 6.45) is 3.48. The first-order valence-corrected chi connectivity index (χ1v) is 12.4. The first-order chi connectivity index (χ1) is 17.6. The highest BCUT2D eigenvalue weighted by molar-refractivity contribution is 6.30. The Balaban J connectivity index is 1.36. The largest absolute Gasteiger partial charge is 0.487 e. The first-order valence-electron chi connectivity index (χ1n) is 12.0. The number of nitrogens with zero attached hydrogens (tertiary/aromatic N) is 2. The number of carboxylic acid groups (broad SMARTS) is 1. The molecule has 0 aliphatic heterocycles. The zero-order chi connectivity index (χ0) is 24.6. The van der Waals surface area contributed by atoms with Crippen LogP contribution in [0.1, 0.15) is 41.3 Å². The quantitative estimate of drug-likeness (QED) is 0.276. The SMILES string of the molecule is O=C(O)C1CC[CH]c2c1n(Cc1ccc(Cl)cc1)c1ccc(OCc3ccc4ccccc4n3)cc21. The molecule has 0 amide bonds. The highest BCUT2D eigenvalue weighted by Crippen LogP contribution is 2.41. The fraction of sp³-hybridized carbons (Fsp3) is 0.167. The molecule has 6 heteroatoms. The molecule has 1 aliphatic rings. The van der Waals surface area contributed by atoms with E-state index in [4.69, 9.17) is 21.3 Å². The van der Waals surface area contributed by atoms with Gasteiger partial charge in [0.1, 0.15) is 12.4 Å². The second kappa shape index (κ2) is 9.32. The molecule has 3 aromatic carbocycles. The van der Waals surface area contributed by atoms with Gasteiger partial charge in [-0.2, -0.15) is 0 Å². The Morgan fingerprint density at radius 2 is 1.89 bits per heavy atom. The lowest BCUT2D eigenvalue weighted by atomic mass is 9.86. The Morgan fingerprint density at radius 1 is 1.06 bits per heavy atom. The highest BCUT2D eigenvalue weighted by Gasteiger charge is 2.32. The van der Waals surface area contributed by atoms with Gasteiger partial charge in [0.2, 0.25) is 0 Å². The van der Waals surface area contributed by atoms with Crippen molar-refractivity contribution in [1.29, 1.82) is 0 Å². The van der Waals surface area contributed by atoms with Gasteiger partial charge in [-0.25, -0.2) is 4.98 Å². The van der Waals surface area contributed by atoms with Crippen molar-refractivity contribution in [1.82, 2.24) is 9.55 Å². The van der Waals surface area contributed by atoms with Crippen LogP contribution in [0.15, 0.2) is 78.9 Å². The molecule has 0 saturated heterocycles. The number of fused-ring (bicyclic) bond motifs is 4. The molecular weight excluding hydrogens is 472 g/mol. The zero-order valence-corrected chi connectivity index (χ0v) is 20.3. The van der Waals surface area contributed by atoms with Crippen LogP contribution in [-0.4, -0.2) is 20.6 Å². The molecule has 2 heterocycles. The summed E-state index contributed by atoms with van der Waals surface area (Å²) < 4.78 is 8.27. The van der Waals surface area contributed by atoms with Crippen LogP contribution in [0.2, 0.25) is 5.02 Å². The molecule has 36 heavy (non-hydrogen) atoms. The van der Waals surface area contributed by atoms with Crippen LogP contribution < -0.4 is 4.74 Å². The van der Waals surface area contributed by atoms with Crippen molar-refractivity contribution in [2.45, 2.75) is 31.9 Å². The van der Waals surface area contributed by atoms with Crippen molar-refractivity contribution in [2.75, 3.05) is 0 Å². The average molecular weight is 496 g/mol. The Hall–Kier alpha value is -3.83. The molecule has 179 valence electrons. The molecule has 6 rings (SSSR count). The van der Waals surface area contributed by atoms with Gasteiger partial charge in [-0.1, -0.05) is 48.0 Å². The predicted molar refractivity (Wildman–Crippen MR) is 142 cm³/mol. The number of benzene rings is 3. The standard InChI is InChI=1S/C30H24ClN2O3/c31-21-11-8-19(9-12-21)17-33-28-15-14-23(16-26(28)24-5-3-6-25(29(24)33)30(34)35)36-18-22-13-10-20-4-1-2-7-27(20)32-22/h1-2,4-5,7-16,25H,3,6,17-18H2,(H,34,35). The minimum Gasteiger partial charge on any atom is -0.487 e. The number of aromatic nitrogens is 2. The normalized spacial score (nSPS) is 15.2. The minimum absolute atomic E-state index is 0.353. The van der Waals surface area contributed by atoms with E-state index in [1.165, 1.54) is 0 Å². The van der Waals surface area contributed by atoms with Crippen LogP contribution in [0.4, 0.5) is 0 Å². The number of carboxylic acids is 1. The van der Waals surface area contributed by atoms with E-state index in [2.05, 4.69) is 17.1 Å². The smallest absolute Gasteiger partial charge is 0.312 e. The number of ether oxygens (including phenoxy) is 1. The third-order valence-electron chi connectivity index (χ3n) is 6.84. The second-order valence-electron chi connectivity index (χ2n) is 9.15. The Labute approximate surface area is 213 Å². The van der Waals surface area contributed by atoms with Crippen molar-refractivity contribution in [2.24, 2.45) is 0 Å². The van der Waals surface area contributed by atoms with E-state index >= 15 is 0 Å². The monoisotopic (exact) mass is 495 g/mol. The van der Waals surface area contributed by atoms with E-state index in [0.717, 1.165) is 56.5 Å². The van der Waals surface area contributed by atoms with Gasteiger partial charge in [-0.3, -0.25) is 4.79 Å². The van der Waals surface area contributed by atoms with E-state index in [1.807, 2.05) is 72.8 Å². The van der Waals surface area contributed by atoms with Crippen molar-refractivity contribution in [3.63, 3.8) is 0 Å². The third-order valence-corrected chi connectivity index (χ3v) is 7.10. The van der Waals surface area contributed by atoms with Gasteiger partial charge in [-0.15, -0.1) is 0 Å². The van der Waals surface area contributed by atoms with Crippen LogP contribution >= 0.6 is 11.6 Å². The Bertz CT molecular complexity index is 1590. The maximum absolute atomic E-state index is 12.2. The van der Waals surface area contributed by atoms with Crippen molar-refractivity contribution in [3.05, 3.63) is 113 Å². The molecule has 0 saturated carbocycles. The van der Waals surface area contributed by atoms with Crippen LogP contribution in [0.5, 0.6) is 5.75 Å². The number of carbonyl (C=O) groups is 1. The summed E-state index contributed by atoms with van der Waals surface area (Å²) in [7, 11) is 0. The fourth-order valence-electron chi connectivity index (χ4n) is 5.12. The van der Waals surface area contributed by atoms with Gasteiger partial charge in [0.05, 0.1) is 17.1 Å². The zero-order valence-electron chi connectivity index (χ0n) is 19.5. The lowest BCUT2D eigenvalue weighted by Crippen LogP contribution is -2.20. The number of hydrogen-bond donors (Lipinski definition) is 1. The van der Waals surface area contributed by atoms with Crippen molar-refractivity contribution < 1.29 is 14.6 Å². The molecule has 2 aromatic heterocycles. The average Bonchev–Trinajstić information content (AvgIpc) is 3.21. The molecule has 0 fully saturated rings. The van der Waals surface area contributed by atoms with Gasteiger partial charge in [0, 0.05) is 33.6 Å². The van der Waals surface area contributed by atoms with E-state index in [0.29, 0.717) is 24.6 Å². The number of halogens is 1. The fourth-order valence-corrected chi connectivity index (χ4v) is 5.25. The number of para-hydroxylation sites is 1. The lowest BCUT2D eigenvalue weighted by Gasteiger charge is -2.22. The van der Waals surface area contributed by atoms with E-state index in [-0.39, 0.29) is 0 Å². The van der Waals surface area contributed by atoms with Gasteiger partial charge in [-0.05, 0) is 72.9 Å². The number of hydrogen-bond acceptors (Lipinski definition) is 3. The lowest BCUT2D eigenvalue weighted by molar-refractivity contribution is -0.139. The maximum atomic E-state index is 12.2. The van der Waals surface area contributed by atoms with Crippen LogP contribution in [-0.2, 0) is 17.9 Å². The summed E-state index contributed by atoms with van der Waals surface area (Å²) in [5.41, 5.74) is 5.70. The topological polar surface area (TPSA) is 64.3 Å². The summed E-state index contributed by atoms with van der Waals surface area (Å²) in [6, 6.07) is 25.7. The molecule has 1 N–H and O–H groups in total. The van der Waals surface area contributed by atoms with E-state index < -0.39 is 11.9 Å². The van der Waals surface area contributed by atoms with Gasteiger partial charge in [0.25, 0.3) is 0 Å². The Kier molecular flexibility index (Phi) is 5.86. The molecule has 0 spiro atoms. The molecule has 0 bridgehead atoms. The van der Waals surface area contributed by atoms with Gasteiger partial charge >= 0.3 is 5.97 Å². The molecule has 5 aromatic rings. The molecule has 1 aliphatic carbocycles. The van der Waals surface area contributed by atoms with Gasteiger partial charge < -0.3 is 14.4 Å². The maximum Gasteiger partial charge on any atom is 0.312 e. The Morgan fingerprint density at radius 3 is 2.72 bits per heavy atom. The summed E-state index contributed by atoms with van der Waals surface area (Å²) in [5, 5.41) is 12.8. The van der Waals surface area contributed by atoms with Crippen LogP contribution in [0, 0.1) is 6.42 Å². The first kappa shape index (κ1) is 22.6.